The second kappa shape index (κ2) is 4.98. The van der Waals surface area contributed by atoms with Crippen LogP contribution in [-0.4, -0.2) is 10.6 Å². The highest BCUT2D eigenvalue weighted by Gasteiger charge is 2.32. The SMILES string of the molecule is CC(C)C(c1ccccc1)N([O])C(C)(C)C. The molecule has 0 heterocycles. The Bertz CT molecular complexity index is 313. The summed E-state index contributed by atoms with van der Waals surface area (Å²) in [6.07, 6.45) is 0. The molecule has 0 spiro atoms. The zero-order chi connectivity index (χ0) is 12.3. The average Bonchev–Trinajstić information content (AvgIpc) is 2.17. The van der Waals surface area contributed by atoms with Crippen LogP contribution in [0.25, 0.3) is 0 Å². The minimum atomic E-state index is -0.356. The van der Waals surface area contributed by atoms with Crippen LogP contribution in [0.5, 0.6) is 0 Å². The van der Waals surface area contributed by atoms with E-state index in [1.54, 1.807) is 0 Å². The number of rotatable bonds is 3. The summed E-state index contributed by atoms with van der Waals surface area (Å²) in [6, 6.07) is 9.94. The van der Waals surface area contributed by atoms with E-state index < -0.39 is 0 Å². The number of nitrogens with zero attached hydrogens (tertiary/aromatic N) is 1. The predicted octanol–water partition coefficient (Wildman–Crippen LogP) is 3.83. The molecule has 2 nitrogen and oxygen atoms in total. The zero-order valence-corrected chi connectivity index (χ0v) is 10.9. The summed E-state index contributed by atoms with van der Waals surface area (Å²) in [5, 5.41) is 13.5. The van der Waals surface area contributed by atoms with Crippen molar-refractivity contribution >= 4 is 0 Å². The maximum Gasteiger partial charge on any atom is 0.0661 e. The van der Waals surface area contributed by atoms with E-state index in [2.05, 4.69) is 13.8 Å². The van der Waals surface area contributed by atoms with Crippen LogP contribution in [0.2, 0.25) is 0 Å². The molecule has 0 aliphatic rings. The van der Waals surface area contributed by atoms with Crippen LogP contribution in [0, 0.1) is 5.92 Å². The molecule has 0 aliphatic heterocycles. The Morgan fingerprint density at radius 2 is 1.56 bits per heavy atom. The van der Waals surface area contributed by atoms with E-state index in [1.165, 1.54) is 5.06 Å². The molecule has 1 aromatic rings. The topological polar surface area (TPSA) is 23.1 Å². The summed E-state index contributed by atoms with van der Waals surface area (Å²) in [5.74, 6) is 0.305. The van der Waals surface area contributed by atoms with Crippen LogP contribution in [0.3, 0.4) is 0 Å². The fraction of sp³-hybridized carbons (Fsp3) is 0.571. The molecule has 0 N–H and O–H groups in total. The van der Waals surface area contributed by atoms with E-state index >= 15 is 0 Å². The molecule has 1 atom stereocenters. The average molecular weight is 220 g/mol. The van der Waals surface area contributed by atoms with Crippen molar-refractivity contribution in [3.8, 4) is 0 Å². The first-order valence-corrected chi connectivity index (χ1v) is 5.85. The third-order valence-electron chi connectivity index (χ3n) is 2.69. The molecule has 0 amide bonds. The van der Waals surface area contributed by atoms with Crippen molar-refractivity contribution in [2.75, 3.05) is 0 Å². The van der Waals surface area contributed by atoms with Crippen LogP contribution in [-0.2, 0) is 5.21 Å². The Labute approximate surface area is 98.9 Å². The fourth-order valence-corrected chi connectivity index (χ4v) is 1.86. The van der Waals surface area contributed by atoms with Crippen molar-refractivity contribution < 1.29 is 5.21 Å². The van der Waals surface area contributed by atoms with E-state index in [4.69, 9.17) is 0 Å². The van der Waals surface area contributed by atoms with Gasteiger partial charge in [-0.3, -0.25) is 0 Å². The molecule has 0 fully saturated rings. The number of hydrogen-bond donors (Lipinski definition) is 0. The second-order valence-electron chi connectivity index (χ2n) is 5.60. The summed E-state index contributed by atoms with van der Waals surface area (Å²) >= 11 is 0. The molecule has 1 aromatic carbocycles. The Morgan fingerprint density at radius 3 is 1.94 bits per heavy atom. The minimum absolute atomic E-state index is 0.0683. The van der Waals surface area contributed by atoms with Gasteiger partial charge in [-0.05, 0) is 32.3 Å². The van der Waals surface area contributed by atoms with Gasteiger partial charge in [0, 0.05) is 5.54 Å². The summed E-state index contributed by atoms with van der Waals surface area (Å²) in [5.41, 5.74) is 0.743. The third kappa shape index (κ3) is 3.06. The van der Waals surface area contributed by atoms with Gasteiger partial charge in [0.05, 0.1) is 6.04 Å². The Hall–Kier alpha value is -0.860. The quantitative estimate of drug-likeness (QED) is 0.710. The van der Waals surface area contributed by atoms with Crippen molar-refractivity contribution in [2.45, 2.75) is 46.2 Å². The number of hydroxylamine groups is 2. The van der Waals surface area contributed by atoms with Crippen molar-refractivity contribution in [1.29, 1.82) is 0 Å². The lowest BCUT2D eigenvalue weighted by molar-refractivity contribution is -0.250. The van der Waals surface area contributed by atoms with E-state index in [-0.39, 0.29) is 11.6 Å². The fourth-order valence-electron chi connectivity index (χ4n) is 1.86. The van der Waals surface area contributed by atoms with Crippen LogP contribution in [0.4, 0.5) is 0 Å². The molecular weight excluding hydrogens is 198 g/mol. The Balaban J connectivity index is 3.02. The van der Waals surface area contributed by atoms with Crippen molar-refractivity contribution in [3.05, 3.63) is 35.9 Å². The Morgan fingerprint density at radius 1 is 1.06 bits per heavy atom. The third-order valence-corrected chi connectivity index (χ3v) is 2.69. The lowest BCUT2D eigenvalue weighted by Gasteiger charge is -2.36. The van der Waals surface area contributed by atoms with Crippen LogP contribution >= 0.6 is 0 Å². The van der Waals surface area contributed by atoms with Crippen LogP contribution < -0.4 is 0 Å². The normalized spacial score (nSPS) is 14.5. The van der Waals surface area contributed by atoms with Gasteiger partial charge in [0.15, 0.2) is 0 Å². The van der Waals surface area contributed by atoms with Gasteiger partial charge in [-0.15, -0.1) is 10.3 Å². The van der Waals surface area contributed by atoms with Crippen molar-refractivity contribution in [3.63, 3.8) is 0 Å². The molecule has 0 saturated carbocycles. The summed E-state index contributed by atoms with van der Waals surface area (Å²) < 4.78 is 0. The summed E-state index contributed by atoms with van der Waals surface area (Å²) in [4.78, 5) is 0. The van der Waals surface area contributed by atoms with E-state index in [0.717, 1.165) is 5.56 Å². The number of benzene rings is 1. The summed E-state index contributed by atoms with van der Waals surface area (Å²) in [7, 11) is 0. The number of hydrogen-bond acceptors (Lipinski definition) is 1. The molecule has 1 rings (SSSR count). The smallest absolute Gasteiger partial charge is 0.0661 e. The molecule has 0 aliphatic carbocycles. The molecule has 1 radical (unpaired) electrons. The van der Waals surface area contributed by atoms with Crippen molar-refractivity contribution in [1.82, 2.24) is 5.06 Å². The Kier molecular flexibility index (Phi) is 4.11. The van der Waals surface area contributed by atoms with Crippen LogP contribution in [0.1, 0.15) is 46.2 Å². The molecule has 1 unspecified atom stereocenters. The standard InChI is InChI=1S/C14H22NO/c1-11(2)13(15(16)14(3,4)5)12-9-7-6-8-10-12/h6-11,13H,1-5H3. The second-order valence-corrected chi connectivity index (χ2v) is 5.60. The molecule has 0 bridgehead atoms. The predicted molar refractivity (Wildman–Crippen MR) is 66.3 cm³/mol. The van der Waals surface area contributed by atoms with E-state index in [9.17, 15) is 5.21 Å². The first-order valence-electron chi connectivity index (χ1n) is 5.85. The molecule has 0 saturated heterocycles. The van der Waals surface area contributed by atoms with Gasteiger partial charge in [0.2, 0.25) is 0 Å². The van der Waals surface area contributed by atoms with Gasteiger partial charge in [-0.25, -0.2) is 0 Å². The molecule has 0 aromatic heterocycles. The van der Waals surface area contributed by atoms with Gasteiger partial charge in [-0.1, -0.05) is 44.2 Å². The highest BCUT2D eigenvalue weighted by atomic mass is 16.5. The largest absolute Gasteiger partial charge is 0.142 e. The monoisotopic (exact) mass is 220 g/mol. The zero-order valence-electron chi connectivity index (χ0n) is 10.9. The molecule has 16 heavy (non-hydrogen) atoms. The van der Waals surface area contributed by atoms with Gasteiger partial charge < -0.3 is 0 Å². The first kappa shape index (κ1) is 13.2. The minimum Gasteiger partial charge on any atom is -0.142 e. The van der Waals surface area contributed by atoms with Crippen LogP contribution in [0.15, 0.2) is 30.3 Å². The molecular formula is C14H22NO. The summed E-state index contributed by atoms with van der Waals surface area (Å²) in [6.45, 7) is 10.1. The van der Waals surface area contributed by atoms with E-state index in [1.807, 2.05) is 51.1 Å². The highest BCUT2D eigenvalue weighted by molar-refractivity contribution is 5.19. The van der Waals surface area contributed by atoms with E-state index in [0.29, 0.717) is 5.92 Å². The maximum atomic E-state index is 12.3. The van der Waals surface area contributed by atoms with Gasteiger partial charge in [-0.2, -0.15) is 0 Å². The van der Waals surface area contributed by atoms with Gasteiger partial charge in [0.1, 0.15) is 0 Å². The lowest BCUT2D eigenvalue weighted by Crippen LogP contribution is -2.42. The van der Waals surface area contributed by atoms with Gasteiger partial charge >= 0.3 is 0 Å². The maximum absolute atomic E-state index is 12.3. The first-order chi connectivity index (χ1) is 7.34. The molecule has 89 valence electrons. The lowest BCUT2D eigenvalue weighted by atomic mass is 9.92. The van der Waals surface area contributed by atoms with Crippen molar-refractivity contribution in [2.24, 2.45) is 5.92 Å². The molecule has 2 heteroatoms. The van der Waals surface area contributed by atoms with Gasteiger partial charge in [0.25, 0.3) is 0 Å². The highest BCUT2D eigenvalue weighted by Crippen LogP contribution is 2.32.